The van der Waals surface area contributed by atoms with E-state index in [1.165, 1.54) is 0 Å². The molecule has 0 aliphatic heterocycles. The zero-order chi connectivity index (χ0) is 14.4. The summed E-state index contributed by atoms with van der Waals surface area (Å²) >= 11 is 6.00. The lowest BCUT2D eigenvalue weighted by Crippen LogP contribution is -2.13. The third-order valence-corrected chi connectivity index (χ3v) is 3.61. The minimum atomic E-state index is 0.143. The molecule has 0 amide bonds. The quantitative estimate of drug-likeness (QED) is 0.878. The predicted octanol–water partition coefficient (Wildman–Crippen LogP) is 3.74. The van der Waals surface area contributed by atoms with E-state index in [1.54, 1.807) is 7.11 Å². The van der Waals surface area contributed by atoms with Gasteiger partial charge in [-0.05, 0) is 48.1 Å². The molecule has 0 radical (unpaired) electrons. The Morgan fingerprint density at radius 3 is 2.60 bits per heavy atom. The molecule has 0 saturated heterocycles. The van der Waals surface area contributed by atoms with Crippen molar-refractivity contribution in [2.45, 2.75) is 12.8 Å². The van der Waals surface area contributed by atoms with Gasteiger partial charge in [0.15, 0.2) is 0 Å². The maximum atomic E-state index is 9.61. The molecule has 0 spiro atoms. The summed E-state index contributed by atoms with van der Waals surface area (Å²) in [7, 11) is 1.67. The van der Waals surface area contributed by atoms with Crippen LogP contribution in [0.25, 0.3) is 0 Å². The molecule has 0 heterocycles. The number of ether oxygens (including phenoxy) is 1. The molecule has 0 fully saturated rings. The topological polar surface area (TPSA) is 29.5 Å². The van der Waals surface area contributed by atoms with E-state index in [-0.39, 0.29) is 12.5 Å². The van der Waals surface area contributed by atoms with Gasteiger partial charge in [0, 0.05) is 11.6 Å². The Bertz CT molecular complexity index is 554. The number of halogens is 1. The van der Waals surface area contributed by atoms with Crippen LogP contribution >= 0.6 is 11.6 Å². The van der Waals surface area contributed by atoms with E-state index in [0.717, 1.165) is 34.7 Å². The van der Waals surface area contributed by atoms with Gasteiger partial charge in [-0.25, -0.2) is 0 Å². The zero-order valence-corrected chi connectivity index (χ0v) is 12.3. The molecule has 0 aliphatic rings. The number of benzene rings is 2. The maximum Gasteiger partial charge on any atom is 0.122 e. The van der Waals surface area contributed by atoms with Crippen molar-refractivity contribution in [3.8, 4) is 5.75 Å². The average Bonchev–Trinajstić information content (AvgIpc) is 2.47. The summed E-state index contributed by atoms with van der Waals surface area (Å²) in [6.07, 6.45) is 1.59. The molecule has 2 aromatic carbocycles. The Hall–Kier alpha value is -1.51. The first-order valence-electron chi connectivity index (χ1n) is 6.70. The molecule has 0 saturated carbocycles. The largest absolute Gasteiger partial charge is 0.496 e. The van der Waals surface area contributed by atoms with Crippen molar-refractivity contribution in [2.75, 3.05) is 13.7 Å². The Morgan fingerprint density at radius 1 is 1.10 bits per heavy atom. The minimum absolute atomic E-state index is 0.143. The molecule has 2 rings (SSSR count). The highest BCUT2D eigenvalue weighted by molar-refractivity contribution is 6.30. The van der Waals surface area contributed by atoms with Gasteiger partial charge < -0.3 is 9.84 Å². The highest BCUT2D eigenvalue weighted by Crippen LogP contribution is 2.23. The molecule has 2 nitrogen and oxygen atoms in total. The summed E-state index contributed by atoms with van der Waals surface area (Å²) in [5.41, 5.74) is 2.27. The molecular weight excluding hydrogens is 272 g/mol. The van der Waals surface area contributed by atoms with Gasteiger partial charge in [0.25, 0.3) is 0 Å². The van der Waals surface area contributed by atoms with E-state index in [2.05, 4.69) is 0 Å². The molecule has 0 aliphatic carbocycles. The average molecular weight is 291 g/mol. The third kappa shape index (κ3) is 3.99. The molecule has 106 valence electrons. The van der Waals surface area contributed by atoms with Crippen LogP contribution in [-0.4, -0.2) is 18.8 Å². The fourth-order valence-electron chi connectivity index (χ4n) is 2.38. The van der Waals surface area contributed by atoms with Crippen molar-refractivity contribution in [1.82, 2.24) is 0 Å². The fourth-order valence-corrected chi connectivity index (χ4v) is 2.59. The van der Waals surface area contributed by atoms with Crippen LogP contribution in [0, 0.1) is 5.92 Å². The molecule has 3 heteroatoms. The van der Waals surface area contributed by atoms with Crippen molar-refractivity contribution in [3.05, 3.63) is 64.7 Å². The van der Waals surface area contributed by atoms with Gasteiger partial charge in [-0.1, -0.05) is 41.9 Å². The van der Waals surface area contributed by atoms with Crippen LogP contribution in [0.4, 0.5) is 0 Å². The lowest BCUT2D eigenvalue weighted by Gasteiger charge is -2.16. The third-order valence-electron chi connectivity index (χ3n) is 3.37. The highest BCUT2D eigenvalue weighted by Gasteiger charge is 2.12. The van der Waals surface area contributed by atoms with Gasteiger partial charge in [0.05, 0.1) is 7.11 Å². The number of hydrogen-bond acceptors (Lipinski definition) is 2. The summed E-state index contributed by atoms with van der Waals surface area (Å²) in [5.74, 6) is 1.03. The standard InChI is InChI=1S/C17H19ClO2/c1-20-17-8-3-2-6-15(17)10-14(12-19)9-13-5-4-7-16(18)11-13/h2-8,11,14,19H,9-10,12H2,1H3. The van der Waals surface area contributed by atoms with Crippen LogP contribution in [0.1, 0.15) is 11.1 Å². The smallest absolute Gasteiger partial charge is 0.122 e. The van der Waals surface area contributed by atoms with Crippen LogP contribution in [0.2, 0.25) is 5.02 Å². The molecule has 0 aromatic heterocycles. The molecule has 2 aromatic rings. The van der Waals surface area contributed by atoms with Crippen LogP contribution in [-0.2, 0) is 12.8 Å². The summed E-state index contributed by atoms with van der Waals surface area (Å²) in [6, 6.07) is 15.7. The number of hydrogen-bond donors (Lipinski definition) is 1. The molecular formula is C17H19ClO2. The Kier molecular flexibility index (Phi) is 5.45. The summed E-state index contributed by atoms with van der Waals surface area (Å²) < 4.78 is 5.36. The van der Waals surface area contributed by atoms with E-state index in [4.69, 9.17) is 16.3 Å². The SMILES string of the molecule is COc1ccccc1CC(CO)Cc1cccc(Cl)c1. The van der Waals surface area contributed by atoms with E-state index < -0.39 is 0 Å². The van der Waals surface area contributed by atoms with E-state index in [1.807, 2.05) is 48.5 Å². The monoisotopic (exact) mass is 290 g/mol. The van der Waals surface area contributed by atoms with Gasteiger partial charge in [-0.2, -0.15) is 0 Å². The van der Waals surface area contributed by atoms with Gasteiger partial charge in [0.2, 0.25) is 0 Å². The Labute approximate surface area is 125 Å². The van der Waals surface area contributed by atoms with E-state index >= 15 is 0 Å². The number of rotatable bonds is 6. The number of aliphatic hydroxyl groups is 1. The van der Waals surface area contributed by atoms with Gasteiger partial charge >= 0.3 is 0 Å². The predicted molar refractivity (Wildman–Crippen MR) is 82.4 cm³/mol. The van der Waals surface area contributed by atoms with E-state index in [9.17, 15) is 5.11 Å². The van der Waals surface area contributed by atoms with Crippen molar-refractivity contribution < 1.29 is 9.84 Å². The minimum Gasteiger partial charge on any atom is -0.496 e. The molecule has 1 unspecified atom stereocenters. The number of aliphatic hydroxyl groups excluding tert-OH is 1. The normalized spacial score (nSPS) is 12.2. The maximum absolute atomic E-state index is 9.61. The molecule has 1 atom stereocenters. The highest BCUT2D eigenvalue weighted by atomic mass is 35.5. The fraction of sp³-hybridized carbons (Fsp3) is 0.294. The van der Waals surface area contributed by atoms with Gasteiger partial charge in [-0.15, -0.1) is 0 Å². The Balaban J connectivity index is 2.09. The molecule has 0 bridgehead atoms. The van der Waals surface area contributed by atoms with Crippen LogP contribution in [0.5, 0.6) is 5.75 Å². The molecule has 1 N–H and O–H groups in total. The van der Waals surface area contributed by atoms with Crippen molar-refractivity contribution in [3.63, 3.8) is 0 Å². The second kappa shape index (κ2) is 7.32. The Morgan fingerprint density at radius 2 is 1.90 bits per heavy atom. The lowest BCUT2D eigenvalue weighted by molar-refractivity contribution is 0.224. The first kappa shape index (κ1) is 14.9. The van der Waals surface area contributed by atoms with Crippen LogP contribution < -0.4 is 4.74 Å². The number of methoxy groups -OCH3 is 1. The second-order valence-corrected chi connectivity index (χ2v) is 5.34. The van der Waals surface area contributed by atoms with Gasteiger partial charge in [0.1, 0.15) is 5.75 Å². The van der Waals surface area contributed by atoms with Crippen molar-refractivity contribution in [1.29, 1.82) is 0 Å². The lowest BCUT2D eigenvalue weighted by atomic mass is 9.93. The van der Waals surface area contributed by atoms with Crippen LogP contribution in [0.15, 0.2) is 48.5 Å². The van der Waals surface area contributed by atoms with E-state index in [0.29, 0.717) is 0 Å². The summed E-state index contributed by atoms with van der Waals surface area (Å²) in [6.45, 7) is 0.143. The number of para-hydroxylation sites is 1. The van der Waals surface area contributed by atoms with Crippen molar-refractivity contribution >= 4 is 11.6 Å². The first-order valence-corrected chi connectivity index (χ1v) is 7.08. The molecule has 20 heavy (non-hydrogen) atoms. The first-order chi connectivity index (χ1) is 9.72. The second-order valence-electron chi connectivity index (χ2n) is 4.90. The van der Waals surface area contributed by atoms with Crippen molar-refractivity contribution in [2.24, 2.45) is 5.92 Å². The van der Waals surface area contributed by atoms with Gasteiger partial charge in [-0.3, -0.25) is 0 Å². The van der Waals surface area contributed by atoms with Crippen LogP contribution in [0.3, 0.4) is 0 Å². The summed E-state index contributed by atoms with van der Waals surface area (Å²) in [4.78, 5) is 0. The summed E-state index contributed by atoms with van der Waals surface area (Å²) in [5, 5.41) is 10.3. The zero-order valence-electron chi connectivity index (χ0n) is 11.6.